The number of amides is 1. The highest BCUT2D eigenvalue weighted by Crippen LogP contribution is 2.30. The number of benzene rings is 1. The van der Waals surface area contributed by atoms with Gasteiger partial charge in [0.05, 0.1) is 12.0 Å². The molecule has 1 amide bonds. The molecule has 110 valence electrons. The largest absolute Gasteiger partial charge is 0.389 e. The first-order valence-corrected chi connectivity index (χ1v) is 7.62. The van der Waals surface area contributed by atoms with Crippen molar-refractivity contribution in [3.63, 3.8) is 0 Å². The van der Waals surface area contributed by atoms with Crippen LogP contribution in [0.1, 0.15) is 49.7 Å². The maximum atomic E-state index is 11.9. The summed E-state index contributed by atoms with van der Waals surface area (Å²) in [7, 11) is 0. The summed E-state index contributed by atoms with van der Waals surface area (Å²) in [6.07, 6.45) is 5.86. The standard InChI is InChI=1S/C17H25NO2/c1-14-6-5-7-15(12-14)8-11-18-16(19)13-17(20)9-3-2-4-10-17/h5-7,12,20H,2-4,8-11,13H2,1H3,(H,18,19). The van der Waals surface area contributed by atoms with Crippen LogP contribution >= 0.6 is 0 Å². The zero-order chi connectivity index (χ0) is 14.4. The first-order valence-electron chi connectivity index (χ1n) is 7.62. The zero-order valence-electron chi connectivity index (χ0n) is 12.3. The van der Waals surface area contributed by atoms with Crippen molar-refractivity contribution in [3.8, 4) is 0 Å². The molecular formula is C17H25NO2. The van der Waals surface area contributed by atoms with Gasteiger partial charge < -0.3 is 10.4 Å². The Morgan fingerprint density at radius 3 is 2.75 bits per heavy atom. The smallest absolute Gasteiger partial charge is 0.222 e. The van der Waals surface area contributed by atoms with Gasteiger partial charge in [-0.2, -0.15) is 0 Å². The molecule has 2 rings (SSSR count). The van der Waals surface area contributed by atoms with Gasteiger partial charge in [-0.15, -0.1) is 0 Å². The van der Waals surface area contributed by atoms with Crippen molar-refractivity contribution < 1.29 is 9.90 Å². The maximum absolute atomic E-state index is 11.9. The lowest BCUT2D eigenvalue weighted by Crippen LogP contribution is -2.38. The molecule has 2 N–H and O–H groups in total. The molecule has 0 unspecified atom stereocenters. The van der Waals surface area contributed by atoms with E-state index in [2.05, 4.69) is 30.4 Å². The Balaban J connectivity index is 1.72. The van der Waals surface area contributed by atoms with Gasteiger partial charge in [0.25, 0.3) is 0 Å². The number of carbonyl (C=O) groups excluding carboxylic acids is 1. The molecule has 1 fully saturated rings. The van der Waals surface area contributed by atoms with Gasteiger partial charge in [-0.3, -0.25) is 4.79 Å². The fraction of sp³-hybridized carbons (Fsp3) is 0.588. The third kappa shape index (κ3) is 4.64. The average Bonchev–Trinajstić information content (AvgIpc) is 2.39. The Hall–Kier alpha value is -1.35. The normalized spacial score (nSPS) is 17.7. The Morgan fingerprint density at radius 2 is 2.05 bits per heavy atom. The Morgan fingerprint density at radius 1 is 1.30 bits per heavy atom. The maximum Gasteiger partial charge on any atom is 0.222 e. The second-order valence-electron chi connectivity index (χ2n) is 6.05. The van der Waals surface area contributed by atoms with Gasteiger partial charge >= 0.3 is 0 Å². The Labute approximate surface area is 121 Å². The highest BCUT2D eigenvalue weighted by molar-refractivity contribution is 5.77. The first-order chi connectivity index (χ1) is 9.57. The molecule has 0 aromatic heterocycles. The summed E-state index contributed by atoms with van der Waals surface area (Å²) in [4.78, 5) is 11.9. The molecule has 3 heteroatoms. The van der Waals surface area contributed by atoms with E-state index in [1.54, 1.807) is 0 Å². The van der Waals surface area contributed by atoms with Gasteiger partial charge in [-0.1, -0.05) is 49.1 Å². The van der Waals surface area contributed by atoms with E-state index < -0.39 is 5.60 Å². The number of aryl methyl sites for hydroxylation is 1. The van der Waals surface area contributed by atoms with E-state index in [-0.39, 0.29) is 12.3 Å². The molecule has 1 aliphatic carbocycles. The van der Waals surface area contributed by atoms with Crippen LogP contribution in [0.3, 0.4) is 0 Å². The predicted molar refractivity (Wildman–Crippen MR) is 80.5 cm³/mol. The molecule has 0 atom stereocenters. The lowest BCUT2D eigenvalue weighted by molar-refractivity contribution is -0.127. The van der Waals surface area contributed by atoms with Crippen LogP contribution in [-0.4, -0.2) is 23.2 Å². The molecule has 0 aliphatic heterocycles. The number of hydrogen-bond acceptors (Lipinski definition) is 2. The number of hydrogen-bond donors (Lipinski definition) is 2. The van der Waals surface area contributed by atoms with E-state index in [1.165, 1.54) is 17.5 Å². The van der Waals surface area contributed by atoms with Gasteiger partial charge in [0.15, 0.2) is 0 Å². The highest BCUT2D eigenvalue weighted by atomic mass is 16.3. The molecule has 1 aromatic carbocycles. The third-order valence-corrected chi connectivity index (χ3v) is 4.09. The molecule has 20 heavy (non-hydrogen) atoms. The van der Waals surface area contributed by atoms with Gasteiger partial charge in [-0.25, -0.2) is 0 Å². The van der Waals surface area contributed by atoms with Gasteiger partial charge in [-0.05, 0) is 31.7 Å². The SMILES string of the molecule is Cc1cccc(CCNC(=O)CC2(O)CCCCC2)c1. The van der Waals surface area contributed by atoms with E-state index in [0.29, 0.717) is 6.54 Å². The van der Waals surface area contributed by atoms with Crippen LogP contribution in [0.25, 0.3) is 0 Å². The van der Waals surface area contributed by atoms with Crippen LogP contribution in [0.15, 0.2) is 24.3 Å². The molecule has 1 saturated carbocycles. The molecule has 0 spiro atoms. The minimum atomic E-state index is -0.758. The summed E-state index contributed by atoms with van der Waals surface area (Å²) in [6, 6.07) is 8.33. The van der Waals surface area contributed by atoms with Gasteiger partial charge in [0.2, 0.25) is 5.91 Å². The van der Waals surface area contributed by atoms with E-state index in [4.69, 9.17) is 0 Å². The monoisotopic (exact) mass is 275 g/mol. The summed E-state index contributed by atoms with van der Waals surface area (Å²) in [5.41, 5.74) is 1.72. The Kier molecular flexibility index (Phi) is 5.18. The Bertz CT molecular complexity index is 450. The molecule has 0 radical (unpaired) electrons. The van der Waals surface area contributed by atoms with E-state index in [9.17, 15) is 9.90 Å². The zero-order valence-corrected chi connectivity index (χ0v) is 12.3. The average molecular weight is 275 g/mol. The summed E-state index contributed by atoms with van der Waals surface area (Å²) >= 11 is 0. The molecule has 1 aromatic rings. The van der Waals surface area contributed by atoms with Crippen LogP contribution in [0.5, 0.6) is 0 Å². The second-order valence-corrected chi connectivity index (χ2v) is 6.05. The number of aliphatic hydroxyl groups is 1. The topological polar surface area (TPSA) is 49.3 Å². The van der Waals surface area contributed by atoms with Crippen LogP contribution in [0, 0.1) is 6.92 Å². The number of nitrogens with one attached hydrogen (secondary N) is 1. The minimum Gasteiger partial charge on any atom is -0.389 e. The summed E-state index contributed by atoms with van der Waals surface area (Å²) in [5.74, 6) is -0.0259. The quantitative estimate of drug-likeness (QED) is 0.868. The van der Waals surface area contributed by atoms with E-state index in [0.717, 1.165) is 32.1 Å². The molecular weight excluding hydrogens is 250 g/mol. The lowest BCUT2D eigenvalue weighted by atomic mass is 9.82. The van der Waals surface area contributed by atoms with Crippen molar-refractivity contribution in [1.82, 2.24) is 5.32 Å². The molecule has 1 aliphatic rings. The summed E-state index contributed by atoms with van der Waals surface area (Å²) in [5, 5.41) is 13.3. The third-order valence-electron chi connectivity index (χ3n) is 4.09. The first kappa shape index (κ1) is 15.0. The summed E-state index contributed by atoms with van der Waals surface area (Å²) < 4.78 is 0. The van der Waals surface area contributed by atoms with Gasteiger partial charge in [0.1, 0.15) is 0 Å². The van der Waals surface area contributed by atoms with Crippen molar-refractivity contribution in [2.75, 3.05) is 6.54 Å². The van der Waals surface area contributed by atoms with Gasteiger partial charge in [0, 0.05) is 6.54 Å². The molecule has 0 saturated heterocycles. The van der Waals surface area contributed by atoms with Crippen molar-refractivity contribution >= 4 is 5.91 Å². The summed E-state index contributed by atoms with van der Waals surface area (Å²) in [6.45, 7) is 2.71. The van der Waals surface area contributed by atoms with Crippen molar-refractivity contribution in [2.24, 2.45) is 0 Å². The lowest BCUT2D eigenvalue weighted by Gasteiger charge is -2.31. The second kappa shape index (κ2) is 6.89. The van der Waals surface area contributed by atoms with Crippen LogP contribution < -0.4 is 5.32 Å². The van der Waals surface area contributed by atoms with Crippen molar-refractivity contribution in [3.05, 3.63) is 35.4 Å². The molecule has 3 nitrogen and oxygen atoms in total. The van der Waals surface area contributed by atoms with Crippen molar-refractivity contribution in [1.29, 1.82) is 0 Å². The van der Waals surface area contributed by atoms with Crippen LogP contribution in [0.2, 0.25) is 0 Å². The number of carbonyl (C=O) groups is 1. The van der Waals surface area contributed by atoms with Crippen LogP contribution in [-0.2, 0) is 11.2 Å². The van der Waals surface area contributed by atoms with Crippen LogP contribution in [0.4, 0.5) is 0 Å². The predicted octanol–water partition coefficient (Wildman–Crippen LogP) is 2.74. The van der Waals surface area contributed by atoms with Crippen molar-refractivity contribution in [2.45, 2.75) is 57.5 Å². The fourth-order valence-electron chi connectivity index (χ4n) is 2.96. The minimum absolute atomic E-state index is 0.0259. The fourth-order valence-corrected chi connectivity index (χ4v) is 2.96. The number of rotatable bonds is 5. The molecule has 0 bridgehead atoms. The van der Waals surface area contributed by atoms with E-state index >= 15 is 0 Å². The highest BCUT2D eigenvalue weighted by Gasteiger charge is 2.31. The molecule has 0 heterocycles. The van der Waals surface area contributed by atoms with E-state index in [1.807, 2.05) is 6.07 Å².